The largest absolute Gasteiger partial charge is 0.497 e. The molecule has 0 N–H and O–H groups in total. The van der Waals surface area contributed by atoms with E-state index in [1.165, 1.54) is 20.3 Å². The molecule has 0 bridgehead atoms. The third-order valence-corrected chi connectivity index (χ3v) is 5.61. The lowest BCUT2D eigenvalue weighted by Gasteiger charge is -2.25. The molecular weight excluding hydrogens is 449 g/mol. The number of nitrogens with zero attached hydrogens (tertiary/aromatic N) is 7. The lowest BCUT2D eigenvalue weighted by Crippen LogP contribution is -2.20. The highest BCUT2D eigenvalue weighted by molar-refractivity contribution is 5.77. The van der Waals surface area contributed by atoms with Crippen LogP contribution in [0.3, 0.4) is 0 Å². The molecular formula is C25H24FN7O2. The van der Waals surface area contributed by atoms with Crippen LogP contribution >= 0.6 is 0 Å². The molecule has 178 valence electrons. The Balaban J connectivity index is 1.65. The third-order valence-electron chi connectivity index (χ3n) is 5.61. The van der Waals surface area contributed by atoms with Gasteiger partial charge in [0.25, 0.3) is 0 Å². The van der Waals surface area contributed by atoms with Crippen LogP contribution in [-0.2, 0) is 20.6 Å². The second-order valence-electron chi connectivity index (χ2n) is 8.11. The summed E-state index contributed by atoms with van der Waals surface area (Å²) in [5.74, 6) is 0.473. The molecule has 0 unspecified atom stereocenters. The third kappa shape index (κ3) is 4.37. The molecule has 9 nitrogen and oxygen atoms in total. The number of imidazole rings is 1. The Kier molecular flexibility index (Phi) is 5.77. The van der Waals surface area contributed by atoms with Crippen molar-refractivity contribution in [2.45, 2.75) is 6.54 Å². The maximum absolute atomic E-state index is 15.5. The highest BCUT2D eigenvalue weighted by atomic mass is 19.1. The predicted octanol–water partition coefficient (Wildman–Crippen LogP) is 4.26. The van der Waals surface area contributed by atoms with Gasteiger partial charge in [0.1, 0.15) is 17.1 Å². The number of aromatic nitrogens is 6. The van der Waals surface area contributed by atoms with Crippen molar-refractivity contribution < 1.29 is 13.9 Å². The molecule has 0 aliphatic heterocycles. The Morgan fingerprint density at radius 2 is 1.83 bits per heavy atom. The molecule has 0 spiro atoms. The Hall–Kier alpha value is -4.47. The highest BCUT2D eigenvalue weighted by Gasteiger charge is 2.22. The molecule has 0 fully saturated rings. The monoisotopic (exact) mass is 473 g/mol. The van der Waals surface area contributed by atoms with Gasteiger partial charge in [-0.05, 0) is 18.2 Å². The van der Waals surface area contributed by atoms with E-state index in [4.69, 9.17) is 19.4 Å². The first-order valence-electron chi connectivity index (χ1n) is 10.9. The summed E-state index contributed by atoms with van der Waals surface area (Å²) in [6, 6.07) is 8.68. The molecule has 1 aromatic carbocycles. The fourth-order valence-corrected chi connectivity index (χ4v) is 3.85. The molecule has 35 heavy (non-hydrogen) atoms. The molecule has 5 aromatic rings. The van der Waals surface area contributed by atoms with Crippen molar-refractivity contribution >= 4 is 22.7 Å². The first-order valence-corrected chi connectivity index (χ1v) is 10.9. The smallest absolute Gasteiger partial charge is 0.188 e. The fourth-order valence-electron chi connectivity index (χ4n) is 3.85. The maximum atomic E-state index is 15.5. The number of rotatable bonds is 7. The van der Waals surface area contributed by atoms with Crippen molar-refractivity contribution in [3.8, 4) is 22.8 Å². The topological polar surface area (TPSA) is 83.1 Å². The lowest BCUT2D eigenvalue weighted by molar-refractivity contribution is 0.374. The molecule has 4 heterocycles. The number of benzene rings is 1. The van der Waals surface area contributed by atoms with Crippen LogP contribution in [0.4, 0.5) is 15.9 Å². The van der Waals surface area contributed by atoms with Gasteiger partial charge in [-0.1, -0.05) is 0 Å². The first-order chi connectivity index (χ1) is 16.9. The van der Waals surface area contributed by atoms with E-state index in [-0.39, 0.29) is 18.0 Å². The molecule has 0 amide bonds. The van der Waals surface area contributed by atoms with Gasteiger partial charge in [-0.3, -0.25) is 4.98 Å². The summed E-state index contributed by atoms with van der Waals surface area (Å²) in [6.07, 6.45) is 9.19. The van der Waals surface area contributed by atoms with Gasteiger partial charge in [0.15, 0.2) is 17.2 Å². The van der Waals surface area contributed by atoms with E-state index >= 15 is 4.39 Å². The summed E-state index contributed by atoms with van der Waals surface area (Å²) < 4.78 is 30.0. The minimum absolute atomic E-state index is 0.0670. The van der Waals surface area contributed by atoms with Crippen molar-refractivity contribution in [2.24, 2.45) is 14.1 Å². The minimum Gasteiger partial charge on any atom is -0.497 e. The number of hydrogen-bond acceptors (Lipinski definition) is 7. The number of halogens is 1. The summed E-state index contributed by atoms with van der Waals surface area (Å²) in [5.41, 5.74) is 3.70. The van der Waals surface area contributed by atoms with Crippen molar-refractivity contribution in [1.29, 1.82) is 0 Å². The van der Waals surface area contributed by atoms with Gasteiger partial charge in [-0.15, -0.1) is 0 Å². The van der Waals surface area contributed by atoms with Crippen molar-refractivity contribution in [3.63, 3.8) is 0 Å². The number of hydrogen-bond donors (Lipinski definition) is 0. The summed E-state index contributed by atoms with van der Waals surface area (Å²) in [6.45, 7) is 0.262. The average molecular weight is 474 g/mol. The quantitative estimate of drug-likeness (QED) is 0.349. The zero-order valence-corrected chi connectivity index (χ0v) is 19.8. The van der Waals surface area contributed by atoms with E-state index in [1.54, 1.807) is 29.6 Å². The molecule has 0 radical (unpaired) electrons. The van der Waals surface area contributed by atoms with E-state index in [1.807, 2.05) is 54.0 Å². The first kappa shape index (κ1) is 22.3. The molecule has 0 saturated heterocycles. The Labute approximate surface area is 201 Å². The summed E-state index contributed by atoms with van der Waals surface area (Å²) in [5, 5.41) is 0. The van der Waals surface area contributed by atoms with Crippen LogP contribution < -0.4 is 14.4 Å². The van der Waals surface area contributed by atoms with E-state index in [0.29, 0.717) is 28.4 Å². The van der Waals surface area contributed by atoms with Crippen LogP contribution in [0.5, 0.6) is 11.5 Å². The zero-order valence-electron chi connectivity index (χ0n) is 19.8. The van der Waals surface area contributed by atoms with Crippen molar-refractivity contribution in [1.82, 2.24) is 29.1 Å². The SMILES string of the molecule is COc1cc(OC)c(F)c(N(Cc2cn(C)cn2)c2ccc3ncc(-c4ccn(C)c4)nc3n2)c1. The normalized spacial score (nSPS) is 11.1. The number of aryl methyl sites for hydroxylation is 2. The summed E-state index contributed by atoms with van der Waals surface area (Å²) in [7, 11) is 6.76. The standard InChI is InChI=1S/C25H24FN7O2/c1-31-8-7-16(12-31)20-11-27-19-5-6-23(30-25(19)29-20)33(14-17-13-32(2)15-28-17)21-9-18(34-3)10-22(35-4)24(21)26/h5-13,15H,14H2,1-4H3. The molecule has 10 heteroatoms. The Bertz CT molecular complexity index is 1510. The fraction of sp³-hybridized carbons (Fsp3) is 0.200. The van der Waals surface area contributed by atoms with Gasteiger partial charge >= 0.3 is 0 Å². The second kappa shape index (κ2) is 9.05. The van der Waals surface area contributed by atoms with Crippen LogP contribution in [0.25, 0.3) is 22.4 Å². The van der Waals surface area contributed by atoms with Crippen LogP contribution in [-0.4, -0.2) is 43.3 Å². The Morgan fingerprint density at radius 1 is 0.971 bits per heavy atom. The van der Waals surface area contributed by atoms with Crippen LogP contribution in [0, 0.1) is 5.82 Å². The van der Waals surface area contributed by atoms with E-state index in [0.717, 1.165) is 11.3 Å². The van der Waals surface area contributed by atoms with Crippen LogP contribution in [0.2, 0.25) is 0 Å². The van der Waals surface area contributed by atoms with Gasteiger partial charge in [0, 0.05) is 50.4 Å². The van der Waals surface area contributed by atoms with Gasteiger partial charge < -0.3 is 23.5 Å². The number of fused-ring (bicyclic) bond motifs is 1. The van der Waals surface area contributed by atoms with Gasteiger partial charge in [0.05, 0.1) is 50.4 Å². The highest BCUT2D eigenvalue weighted by Crippen LogP contribution is 2.37. The molecule has 4 aromatic heterocycles. The lowest BCUT2D eigenvalue weighted by atomic mass is 10.2. The van der Waals surface area contributed by atoms with Gasteiger partial charge in [0.2, 0.25) is 0 Å². The zero-order chi connectivity index (χ0) is 24.5. The minimum atomic E-state index is -0.532. The maximum Gasteiger partial charge on any atom is 0.188 e. The van der Waals surface area contributed by atoms with E-state index in [2.05, 4.69) is 9.97 Å². The van der Waals surface area contributed by atoms with Crippen LogP contribution in [0.15, 0.2) is 61.4 Å². The number of ether oxygens (including phenoxy) is 2. The molecule has 0 atom stereocenters. The molecule has 0 aliphatic rings. The average Bonchev–Trinajstić information content (AvgIpc) is 3.50. The van der Waals surface area contributed by atoms with Gasteiger partial charge in [-0.25, -0.2) is 19.3 Å². The number of pyridine rings is 1. The van der Waals surface area contributed by atoms with Crippen molar-refractivity contribution in [2.75, 3.05) is 19.1 Å². The van der Waals surface area contributed by atoms with Gasteiger partial charge in [-0.2, -0.15) is 0 Å². The molecule has 5 rings (SSSR count). The summed E-state index contributed by atoms with van der Waals surface area (Å²) >= 11 is 0. The van der Waals surface area contributed by atoms with E-state index in [9.17, 15) is 0 Å². The van der Waals surface area contributed by atoms with E-state index < -0.39 is 5.82 Å². The second-order valence-corrected chi connectivity index (χ2v) is 8.11. The molecule has 0 aliphatic carbocycles. The number of methoxy groups -OCH3 is 2. The predicted molar refractivity (Wildman–Crippen MR) is 130 cm³/mol. The van der Waals surface area contributed by atoms with Crippen molar-refractivity contribution in [3.05, 3.63) is 73.0 Å². The number of anilines is 2. The Morgan fingerprint density at radius 3 is 2.51 bits per heavy atom. The van der Waals surface area contributed by atoms with Crippen LogP contribution in [0.1, 0.15) is 5.69 Å². The summed E-state index contributed by atoms with van der Waals surface area (Å²) in [4.78, 5) is 20.1. The molecule has 0 saturated carbocycles.